The second-order valence-corrected chi connectivity index (χ2v) is 2.38. The van der Waals surface area contributed by atoms with Crippen LogP contribution in [0.4, 0.5) is 0 Å². The molecular formula is C8H8BN2. The molecule has 53 valence electrons. The van der Waals surface area contributed by atoms with Crippen molar-refractivity contribution in [2.24, 2.45) is 0 Å². The molecule has 0 atom stereocenters. The van der Waals surface area contributed by atoms with Crippen LogP contribution in [-0.4, -0.2) is 16.5 Å². The highest BCUT2D eigenvalue weighted by molar-refractivity contribution is 6.31. The van der Waals surface area contributed by atoms with Gasteiger partial charge in [0, 0.05) is 0 Å². The molecule has 0 aliphatic rings. The van der Waals surface area contributed by atoms with Crippen LogP contribution in [0.15, 0.2) is 49.1 Å². The Balaban J connectivity index is 2.14. The number of nitrogens with zero attached hydrogens (tertiary/aromatic N) is 2. The van der Waals surface area contributed by atoms with E-state index < -0.39 is 0 Å². The lowest BCUT2D eigenvalue weighted by molar-refractivity contribution is 1.11. The normalized spacial score (nSPS) is 9.82. The predicted molar refractivity (Wildman–Crippen MR) is 45.4 cm³/mol. The van der Waals surface area contributed by atoms with Crippen LogP contribution >= 0.6 is 0 Å². The molecule has 2 rings (SSSR count). The summed E-state index contributed by atoms with van der Waals surface area (Å²) in [6, 6.07) is 8.00. The lowest BCUT2D eigenvalue weighted by Crippen LogP contribution is -2.12. The molecule has 0 unspecified atom stereocenters. The molecule has 2 heterocycles. The van der Waals surface area contributed by atoms with Crippen molar-refractivity contribution in [3.8, 4) is 0 Å². The zero-order valence-corrected chi connectivity index (χ0v) is 6.09. The van der Waals surface area contributed by atoms with Crippen molar-refractivity contribution in [3.05, 3.63) is 49.1 Å². The number of hydrogen-bond donors (Lipinski definition) is 0. The minimum Gasteiger partial charge on any atom is -0.381 e. The summed E-state index contributed by atoms with van der Waals surface area (Å²) in [6.45, 7) is 0. The Morgan fingerprint density at radius 2 is 1.00 bits per heavy atom. The monoisotopic (exact) mass is 143 g/mol. The topological polar surface area (TPSA) is 9.86 Å². The third kappa shape index (κ3) is 1.37. The van der Waals surface area contributed by atoms with Gasteiger partial charge >= 0.3 is 7.55 Å². The fourth-order valence-electron chi connectivity index (χ4n) is 1.00. The van der Waals surface area contributed by atoms with Gasteiger partial charge in [-0.05, 0) is 49.1 Å². The summed E-state index contributed by atoms with van der Waals surface area (Å²) >= 11 is 0. The zero-order valence-electron chi connectivity index (χ0n) is 6.09. The summed E-state index contributed by atoms with van der Waals surface area (Å²) in [4.78, 5) is 0. The van der Waals surface area contributed by atoms with Gasteiger partial charge in [-0.3, -0.25) is 0 Å². The van der Waals surface area contributed by atoms with E-state index in [0.717, 1.165) is 0 Å². The minimum absolute atomic E-state index is 2.00. The van der Waals surface area contributed by atoms with Crippen LogP contribution in [0.3, 0.4) is 0 Å². The smallest absolute Gasteiger partial charge is 0.381 e. The number of rotatable bonds is 2. The van der Waals surface area contributed by atoms with E-state index >= 15 is 0 Å². The summed E-state index contributed by atoms with van der Waals surface area (Å²) in [7, 11) is 2.00. The van der Waals surface area contributed by atoms with E-state index in [9.17, 15) is 0 Å². The van der Waals surface area contributed by atoms with Crippen molar-refractivity contribution in [1.82, 2.24) is 8.96 Å². The average Bonchev–Trinajstić information content (AvgIpc) is 2.60. The van der Waals surface area contributed by atoms with Crippen LogP contribution < -0.4 is 0 Å². The van der Waals surface area contributed by atoms with E-state index in [-0.39, 0.29) is 0 Å². The molecule has 2 aromatic rings. The molecule has 0 aromatic carbocycles. The number of hydrogen-bond acceptors (Lipinski definition) is 0. The summed E-state index contributed by atoms with van der Waals surface area (Å²) < 4.78 is 4.00. The molecule has 2 nitrogen and oxygen atoms in total. The molecule has 0 N–H and O–H groups in total. The van der Waals surface area contributed by atoms with Gasteiger partial charge in [-0.15, -0.1) is 0 Å². The molecule has 0 bridgehead atoms. The maximum Gasteiger partial charge on any atom is 0.399 e. The van der Waals surface area contributed by atoms with Crippen LogP contribution in [0, 0.1) is 0 Å². The first-order valence-corrected chi connectivity index (χ1v) is 3.55. The molecular weight excluding hydrogens is 135 g/mol. The van der Waals surface area contributed by atoms with E-state index in [1.807, 2.05) is 65.6 Å². The highest BCUT2D eigenvalue weighted by atomic mass is 15.0. The molecule has 3 heteroatoms. The first kappa shape index (κ1) is 6.34. The summed E-state index contributed by atoms with van der Waals surface area (Å²) in [5, 5.41) is 0. The lowest BCUT2D eigenvalue weighted by atomic mass is 10.2. The average molecular weight is 143 g/mol. The molecule has 0 saturated heterocycles. The molecule has 1 radical (unpaired) electrons. The van der Waals surface area contributed by atoms with E-state index in [1.54, 1.807) is 0 Å². The van der Waals surface area contributed by atoms with Crippen molar-refractivity contribution in [3.63, 3.8) is 0 Å². The van der Waals surface area contributed by atoms with Crippen LogP contribution in [0.2, 0.25) is 0 Å². The minimum atomic E-state index is 2.00. The molecule has 0 fully saturated rings. The largest absolute Gasteiger partial charge is 0.399 e. The van der Waals surface area contributed by atoms with Gasteiger partial charge in [0.15, 0.2) is 0 Å². The Bertz CT molecular complexity index is 264. The fourth-order valence-corrected chi connectivity index (χ4v) is 1.00. The zero-order chi connectivity index (χ0) is 7.52. The van der Waals surface area contributed by atoms with Gasteiger partial charge in [-0.1, -0.05) is 0 Å². The van der Waals surface area contributed by atoms with Crippen molar-refractivity contribution < 1.29 is 0 Å². The molecule has 2 aromatic heterocycles. The van der Waals surface area contributed by atoms with Crippen molar-refractivity contribution in [2.45, 2.75) is 0 Å². The lowest BCUT2D eigenvalue weighted by Gasteiger charge is -1.99. The molecule has 0 amide bonds. The molecule has 0 aliphatic heterocycles. The Morgan fingerprint density at radius 3 is 1.36 bits per heavy atom. The molecule has 0 aliphatic carbocycles. The van der Waals surface area contributed by atoms with Gasteiger partial charge in [0.05, 0.1) is 0 Å². The Hall–Kier alpha value is -1.38. The van der Waals surface area contributed by atoms with Gasteiger partial charge in [-0.25, -0.2) is 0 Å². The SMILES string of the molecule is [B](n1cccc1)n1cccc1. The Morgan fingerprint density at radius 1 is 0.636 bits per heavy atom. The second kappa shape index (κ2) is 2.70. The van der Waals surface area contributed by atoms with E-state index in [1.165, 1.54) is 0 Å². The fraction of sp³-hybridized carbons (Fsp3) is 0. The van der Waals surface area contributed by atoms with Crippen LogP contribution in [0.5, 0.6) is 0 Å². The maximum atomic E-state index is 2.00. The Labute approximate surface area is 66.4 Å². The van der Waals surface area contributed by atoms with Crippen molar-refractivity contribution in [1.29, 1.82) is 0 Å². The predicted octanol–water partition coefficient (Wildman–Crippen LogP) is 1.22. The quantitative estimate of drug-likeness (QED) is 0.559. The first-order chi connectivity index (χ1) is 5.45. The maximum absolute atomic E-state index is 2.00. The highest BCUT2D eigenvalue weighted by Gasteiger charge is 1.93. The van der Waals surface area contributed by atoms with Gasteiger partial charge in [-0.2, -0.15) is 0 Å². The van der Waals surface area contributed by atoms with Crippen molar-refractivity contribution in [2.75, 3.05) is 0 Å². The van der Waals surface area contributed by atoms with E-state index in [4.69, 9.17) is 0 Å². The van der Waals surface area contributed by atoms with Gasteiger partial charge in [0.2, 0.25) is 0 Å². The molecule has 0 saturated carbocycles. The first-order valence-electron chi connectivity index (χ1n) is 3.55. The third-order valence-corrected chi connectivity index (χ3v) is 1.52. The third-order valence-electron chi connectivity index (χ3n) is 1.52. The number of aromatic nitrogens is 2. The Kier molecular flexibility index (Phi) is 1.56. The van der Waals surface area contributed by atoms with Gasteiger partial charge in [0.25, 0.3) is 0 Å². The summed E-state index contributed by atoms with van der Waals surface area (Å²) in [5.41, 5.74) is 0. The van der Waals surface area contributed by atoms with Gasteiger partial charge < -0.3 is 8.96 Å². The molecule has 11 heavy (non-hydrogen) atoms. The van der Waals surface area contributed by atoms with Gasteiger partial charge in [0.1, 0.15) is 0 Å². The summed E-state index contributed by atoms with van der Waals surface area (Å²) in [6.07, 6.45) is 8.00. The molecule has 0 spiro atoms. The van der Waals surface area contributed by atoms with E-state index in [2.05, 4.69) is 0 Å². The van der Waals surface area contributed by atoms with E-state index in [0.29, 0.717) is 0 Å². The van der Waals surface area contributed by atoms with Crippen LogP contribution in [-0.2, 0) is 0 Å². The van der Waals surface area contributed by atoms with Crippen molar-refractivity contribution >= 4 is 7.55 Å². The van der Waals surface area contributed by atoms with Crippen LogP contribution in [0.1, 0.15) is 0 Å². The van der Waals surface area contributed by atoms with Crippen LogP contribution in [0.25, 0.3) is 0 Å². The second-order valence-electron chi connectivity index (χ2n) is 2.38. The summed E-state index contributed by atoms with van der Waals surface area (Å²) in [5.74, 6) is 0. The highest BCUT2D eigenvalue weighted by Crippen LogP contribution is 1.90. The standard InChI is InChI=1S/C8H8BN2/c1-2-6-10(5-1)9-11-7-3-4-8-11/h1-8H.